The third-order valence-corrected chi connectivity index (χ3v) is 3.75. The molecule has 3 heteroatoms. The maximum atomic E-state index is 11.9. The maximum Gasteiger partial charge on any atom is 0.223 e. The molecule has 1 amide bonds. The molecule has 1 N–H and O–H groups in total. The summed E-state index contributed by atoms with van der Waals surface area (Å²) in [6, 6.07) is 8.37. The van der Waals surface area contributed by atoms with Crippen LogP contribution in [0.25, 0.3) is 0 Å². The molecule has 2 rings (SSSR count). The molecule has 0 spiro atoms. The van der Waals surface area contributed by atoms with E-state index in [1.165, 1.54) is 11.1 Å². The van der Waals surface area contributed by atoms with Crippen LogP contribution < -0.4 is 5.32 Å². The summed E-state index contributed by atoms with van der Waals surface area (Å²) < 4.78 is 0. The van der Waals surface area contributed by atoms with Gasteiger partial charge >= 0.3 is 0 Å². The molecule has 1 aromatic rings. The molecule has 0 heterocycles. The van der Waals surface area contributed by atoms with Gasteiger partial charge in [0.1, 0.15) is 5.78 Å². The fourth-order valence-corrected chi connectivity index (χ4v) is 2.43. The molecule has 0 saturated heterocycles. The van der Waals surface area contributed by atoms with Crippen molar-refractivity contribution in [3.63, 3.8) is 0 Å². The Bertz CT molecular complexity index is 440. The van der Waals surface area contributed by atoms with Crippen LogP contribution in [-0.2, 0) is 16.0 Å². The number of rotatable bonds is 4. The summed E-state index contributed by atoms with van der Waals surface area (Å²) >= 11 is 0. The van der Waals surface area contributed by atoms with Crippen molar-refractivity contribution < 1.29 is 9.59 Å². The summed E-state index contributed by atoms with van der Waals surface area (Å²) in [5, 5.41) is 2.98. The highest BCUT2D eigenvalue weighted by Crippen LogP contribution is 2.21. The SMILES string of the molecule is Cc1ccc(CCNC(=O)C2CCC(=O)CC2)cc1. The first-order chi connectivity index (χ1) is 9.15. The van der Waals surface area contributed by atoms with Crippen molar-refractivity contribution in [2.24, 2.45) is 5.92 Å². The number of benzene rings is 1. The van der Waals surface area contributed by atoms with Gasteiger partial charge in [-0.15, -0.1) is 0 Å². The van der Waals surface area contributed by atoms with E-state index in [2.05, 4.69) is 36.5 Å². The molecule has 1 aliphatic carbocycles. The van der Waals surface area contributed by atoms with Crippen molar-refractivity contribution in [2.75, 3.05) is 6.54 Å². The molecule has 0 bridgehead atoms. The van der Waals surface area contributed by atoms with Crippen LogP contribution in [0, 0.1) is 12.8 Å². The smallest absolute Gasteiger partial charge is 0.223 e. The lowest BCUT2D eigenvalue weighted by Gasteiger charge is -2.20. The first-order valence-corrected chi connectivity index (χ1v) is 7.00. The molecule has 19 heavy (non-hydrogen) atoms. The van der Waals surface area contributed by atoms with Gasteiger partial charge in [0.15, 0.2) is 0 Å². The van der Waals surface area contributed by atoms with Gasteiger partial charge in [0.2, 0.25) is 5.91 Å². The minimum atomic E-state index is 0.0377. The number of Topliss-reactive ketones (excluding diaryl/α,β-unsaturated/α-hetero) is 1. The van der Waals surface area contributed by atoms with E-state index in [-0.39, 0.29) is 11.8 Å². The van der Waals surface area contributed by atoms with Crippen LogP contribution in [0.1, 0.15) is 36.8 Å². The predicted molar refractivity (Wildman–Crippen MR) is 74.9 cm³/mol. The van der Waals surface area contributed by atoms with Gasteiger partial charge in [0, 0.05) is 25.3 Å². The van der Waals surface area contributed by atoms with Gasteiger partial charge in [-0.3, -0.25) is 9.59 Å². The molecule has 0 atom stereocenters. The van der Waals surface area contributed by atoms with Crippen LogP contribution >= 0.6 is 0 Å². The fraction of sp³-hybridized carbons (Fsp3) is 0.500. The van der Waals surface area contributed by atoms with E-state index in [1.807, 2.05) is 0 Å². The summed E-state index contributed by atoms with van der Waals surface area (Å²) in [7, 11) is 0. The van der Waals surface area contributed by atoms with E-state index in [9.17, 15) is 9.59 Å². The van der Waals surface area contributed by atoms with Crippen LogP contribution in [0.15, 0.2) is 24.3 Å². The number of amides is 1. The lowest BCUT2D eigenvalue weighted by Crippen LogP contribution is -2.34. The molecular weight excluding hydrogens is 238 g/mol. The highest BCUT2D eigenvalue weighted by atomic mass is 16.2. The first kappa shape index (κ1) is 13.8. The number of carbonyl (C=O) groups excluding carboxylic acids is 2. The van der Waals surface area contributed by atoms with Crippen LogP contribution in [0.5, 0.6) is 0 Å². The van der Waals surface area contributed by atoms with Crippen molar-refractivity contribution in [3.05, 3.63) is 35.4 Å². The highest BCUT2D eigenvalue weighted by molar-refractivity contribution is 5.84. The quantitative estimate of drug-likeness (QED) is 0.902. The fourth-order valence-electron chi connectivity index (χ4n) is 2.43. The Balaban J connectivity index is 1.72. The predicted octanol–water partition coefficient (Wildman–Crippen LogP) is 2.41. The summed E-state index contributed by atoms with van der Waals surface area (Å²) in [5.41, 5.74) is 2.49. The van der Waals surface area contributed by atoms with Gasteiger partial charge in [-0.1, -0.05) is 29.8 Å². The third-order valence-electron chi connectivity index (χ3n) is 3.75. The minimum Gasteiger partial charge on any atom is -0.356 e. The molecule has 0 aromatic heterocycles. The zero-order chi connectivity index (χ0) is 13.7. The number of carbonyl (C=O) groups is 2. The summed E-state index contributed by atoms with van der Waals surface area (Å²) in [5.74, 6) is 0.444. The van der Waals surface area contributed by atoms with E-state index >= 15 is 0 Å². The zero-order valence-corrected chi connectivity index (χ0v) is 11.4. The second kappa shape index (κ2) is 6.50. The summed E-state index contributed by atoms with van der Waals surface area (Å²) in [4.78, 5) is 23.1. The third kappa shape index (κ3) is 4.19. The Hall–Kier alpha value is -1.64. The maximum absolute atomic E-state index is 11.9. The number of nitrogens with one attached hydrogen (secondary N) is 1. The number of hydrogen-bond acceptors (Lipinski definition) is 2. The minimum absolute atomic E-state index is 0.0377. The highest BCUT2D eigenvalue weighted by Gasteiger charge is 2.24. The molecule has 1 aliphatic rings. The Morgan fingerprint density at radius 2 is 1.84 bits per heavy atom. The van der Waals surface area contributed by atoms with Crippen LogP contribution in [0.3, 0.4) is 0 Å². The van der Waals surface area contributed by atoms with E-state index in [0.29, 0.717) is 25.2 Å². The number of aryl methyl sites for hydroxylation is 1. The van der Waals surface area contributed by atoms with Gasteiger partial charge in [-0.05, 0) is 31.7 Å². The topological polar surface area (TPSA) is 46.2 Å². The Kier molecular flexibility index (Phi) is 4.72. The van der Waals surface area contributed by atoms with Crippen molar-refractivity contribution in [1.29, 1.82) is 0 Å². The Morgan fingerprint density at radius 3 is 2.47 bits per heavy atom. The monoisotopic (exact) mass is 259 g/mol. The van der Waals surface area contributed by atoms with Crippen molar-refractivity contribution in [1.82, 2.24) is 5.32 Å². The Labute approximate surface area is 114 Å². The van der Waals surface area contributed by atoms with Gasteiger partial charge in [0.25, 0.3) is 0 Å². The van der Waals surface area contributed by atoms with Gasteiger partial charge in [0.05, 0.1) is 0 Å². The Morgan fingerprint density at radius 1 is 1.21 bits per heavy atom. The molecule has 3 nitrogen and oxygen atoms in total. The second-order valence-electron chi connectivity index (χ2n) is 5.34. The summed E-state index contributed by atoms with van der Waals surface area (Å²) in [6.45, 7) is 2.74. The van der Waals surface area contributed by atoms with E-state index in [1.54, 1.807) is 0 Å². The first-order valence-electron chi connectivity index (χ1n) is 7.00. The van der Waals surface area contributed by atoms with Gasteiger partial charge in [-0.25, -0.2) is 0 Å². The summed E-state index contributed by atoms with van der Waals surface area (Å²) in [6.07, 6.45) is 3.42. The average Bonchev–Trinajstić information content (AvgIpc) is 2.41. The standard InChI is InChI=1S/C16H21NO2/c1-12-2-4-13(5-3-12)10-11-17-16(19)14-6-8-15(18)9-7-14/h2-5,14H,6-11H2,1H3,(H,17,19). The molecule has 102 valence electrons. The van der Waals surface area contributed by atoms with Crippen LogP contribution in [0.4, 0.5) is 0 Å². The van der Waals surface area contributed by atoms with E-state index < -0.39 is 0 Å². The van der Waals surface area contributed by atoms with Crippen LogP contribution in [-0.4, -0.2) is 18.2 Å². The lowest BCUT2D eigenvalue weighted by atomic mass is 9.88. The van der Waals surface area contributed by atoms with Gasteiger partial charge in [-0.2, -0.15) is 0 Å². The number of hydrogen-bond donors (Lipinski definition) is 1. The molecule has 0 aliphatic heterocycles. The van der Waals surface area contributed by atoms with E-state index in [4.69, 9.17) is 0 Å². The van der Waals surface area contributed by atoms with Gasteiger partial charge < -0.3 is 5.32 Å². The molecule has 1 aromatic carbocycles. The van der Waals surface area contributed by atoms with Crippen molar-refractivity contribution in [2.45, 2.75) is 39.0 Å². The molecule has 0 unspecified atom stereocenters. The lowest BCUT2D eigenvalue weighted by molar-refractivity contribution is -0.128. The zero-order valence-electron chi connectivity index (χ0n) is 11.4. The van der Waals surface area contributed by atoms with Crippen LogP contribution in [0.2, 0.25) is 0 Å². The average molecular weight is 259 g/mol. The number of ketones is 1. The molecule has 0 radical (unpaired) electrons. The molecule has 1 saturated carbocycles. The van der Waals surface area contributed by atoms with Crippen molar-refractivity contribution >= 4 is 11.7 Å². The normalized spacial score (nSPS) is 16.4. The second-order valence-corrected chi connectivity index (χ2v) is 5.34. The van der Waals surface area contributed by atoms with Crippen molar-refractivity contribution in [3.8, 4) is 0 Å². The largest absolute Gasteiger partial charge is 0.356 e. The molecule has 1 fully saturated rings. The van der Waals surface area contributed by atoms with E-state index in [0.717, 1.165) is 19.3 Å². The molecular formula is C16H21NO2.